The van der Waals surface area contributed by atoms with Crippen LogP contribution in [0.15, 0.2) is 30.4 Å². The number of methoxy groups -OCH3 is 1. The van der Waals surface area contributed by atoms with Crippen LogP contribution in [0.3, 0.4) is 0 Å². The van der Waals surface area contributed by atoms with Gasteiger partial charge in [-0.15, -0.1) is 6.58 Å². The van der Waals surface area contributed by atoms with E-state index < -0.39 is 11.8 Å². The van der Waals surface area contributed by atoms with Crippen LogP contribution < -0.4 is 20.1 Å². The number of carbonyl (C=O) groups is 2. The number of thiocarbonyl (C=S) groups is 1. The van der Waals surface area contributed by atoms with Crippen molar-refractivity contribution in [1.82, 2.24) is 10.6 Å². The van der Waals surface area contributed by atoms with E-state index in [1.165, 1.54) is 13.2 Å². The molecule has 1 aromatic rings. The Hall–Kier alpha value is -2.67. The molecule has 2 rings (SSSR count). The summed E-state index contributed by atoms with van der Waals surface area (Å²) in [4.78, 5) is 23.9. The molecule has 2 N–H and O–H groups in total. The van der Waals surface area contributed by atoms with Gasteiger partial charge < -0.3 is 9.47 Å². The molecule has 0 unspecified atom stereocenters. The van der Waals surface area contributed by atoms with Crippen LogP contribution >= 0.6 is 12.2 Å². The fraction of sp³-hybridized carbons (Fsp3) is 0.235. The zero-order valence-electron chi connectivity index (χ0n) is 13.5. The summed E-state index contributed by atoms with van der Waals surface area (Å²) >= 11 is 4.78. The van der Waals surface area contributed by atoms with Crippen molar-refractivity contribution in [3.8, 4) is 11.5 Å². The molecule has 1 aliphatic heterocycles. The minimum Gasteiger partial charge on any atom is -0.493 e. The Balaban J connectivity index is 2.50. The molecule has 0 aliphatic carbocycles. The highest BCUT2D eigenvalue weighted by Crippen LogP contribution is 2.34. The number of nitrogens with one attached hydrogen (secondary N) is 2. The molecule has 0 atom stereocenters. The first-order valence-corrected chi connectivity index (χ1v) is 7.74. The molecule has 7 heteroatoms. The fourth-order valence-corrected chi connectivity index (χ4v) is 2.49. The summed E-state index contributed by atoms with van der Waals surface area (Å²) in [5.74, 6) is 0.0692. The second-order valence-electron chi connectivity index (χ2n) is 4.93. The minimum atomic E-state index is -0.540. The van der Waals surface area contributed by atoms with Crippen LogP contribution in [0.4, 0.5) is 0 Å². The van der Waals surface area contributed by atoms with E-state index in [4.69, 9.17) is 21.7 Å². The molecule has 0 bridgehead atoms. The van der Waals surface area contributed by atoms with Gasteiger partial charge in [-0.3, -0.25) is 20.2 Å². The molecule has 1 saturated heterocycles. The number of rotatable bonds is 6. The summed E-state index contributed by atoms with van der Waals surface area (Å²) < 4.78 is 11.0. The second-order valence-corrected chi connectivity index (χ2v) is 5.34. The molecule has 1 fully saturated rings. The van der Waals surface area contributed by atoms with Crippen molar-refractivity contribution < 1.29 is 19.1 Å². The zero-order chi connectivity index (χ0) is 17.7. The van der Waals surface area contributed by atoms with Gasteiger partial charge in [-0.25, -0.2) is 0 Å². The monoisotopic (exact) mass is 346 g/mol. The third-order valence-electron chi connectivity index (χ3n) is 3.28. The van der Waals surface area contributed by atoms with E-state index in [1.807, 2.05) is 13.0 Å². The van der Waals surface area contributed by atoms with Crippen LogP contribution in [0.25, 0.3) is 6.08 Å². The third-order valence-corrected chi connectivity index (χ3v) is 3.49. The third kappa shape index (κ3) is 3.80. The molecule has 1 aliphatic rings. The highest BCUT2D eigenvalue weighted by atomic mass is 32.1. The normalized spacial score (nSPS) is 13.9. The summed E-state index contributed by atoms with van der Waals surface area (Å²) in [5.41, 5.74) is 1.46. The number of hydrogen-bond acceptors (Lipinski definition) is 5. The van der Waals surface area contributed by atoms with E-state index in [0.717, 1.165) is 5.56 Å². The van der Waals surface area contributed by atoms with Crippen molar-refractivity contribution in [3.05, 3.63) is 41.5 Å². The Kier molecular flexibility index (Phi) is 5.70. The quantitative estimate of drug-likeness (QED) is 0.355. The van der Waals surface area contributed by atoms with Gasteiger partial charge in [-0.2, -0.15) is 0 Å². The lowest BCUT2D eigenvalue weighted by molar-refractivity contribution is -0.123. The summed E-state index contributed by atoms with van der Waals surface area (Å²) in [7, 11) is 1.53. The van der Waals surface area contributed by atoms with Gasteiger partial charge >= 0.3 is 0 Å². The first-order valence-electron chi connectivity index (χ1n) is 7.33. The van der Waals surface area contributed by atoms with Crippen molar-refractivity contribution in [3.63, 3.8) is 0 Å². The van der Waals surface area contributed by atoms with Crippen LogP contribution in [-0.2, 0) is 16.0 Å². The maximum atomic E-state index is 12.0. The second kappa shape index (κ2) is 7.74. The number of allylic oxidation sites excluding steroid dienone is 1. The zero-order valence-corrected chi connectivity index (χ0v) is 14.3. The lowest BCUT2D eigenvalue weighted by atomic mass is 10.0. The lowest BCUT2D eigenvalue weighted by Gasteiger charge is -2.17. The summed E-state index contributed by atoms with van der Waals surface area (Å²) in [6.07, 6.45) is 3.79. The summed E-state index contributed by atoms with van der Waals surface area (Å²) in [6, 6.07) is 3.54. The highest BCUT2D eigenvalue weighted by Gasteiger charge is 2.26. The molecule has 0 radical (unpaired) electrons. The van der Waals surface area contributed by atoms with Crippen molar-refractivity contribution in [2.75, 3.05) is 13.7 Å². The van der Waals surface area contributed by atoms with Gasteiger partial charge in [0.05, 0.1) is 13.7 Å². The van der Waals surface area contributed by atoms with Crippen molar-refractivity contribution in [1.29, 1.82) is 0 Å². The molecular weight excluding hydrogens is 328 g/mol. The maximum absolute atomic E-state index is 12.0. The average molecular weight is 346 g/mol. The van der Waals surface area contributed by atoms with Crippen LogP contribution in [0.2, 0.25) is 0 Å². The maximum Gasteiger partial charge on any atom is 0.263 e. The molecule has 126 valence electrons. The summed E-state index contributed by atoms with van der Waals surface area (Å²) in [5, 5.41) is 4.80. The van der Waals surface area contributed by atoms with E-state index >= 15 is 0 Å². The lowest BCUT2D eigenvalue weighted by Crippen LogP contribution is -2.51. The van der Waals surface area contributed by atoms with Crippen LogP contribution in [0.1, 0.15) is 18.1 Å². The van der Waals surface area contributed by atoms with Gasteiger partial charge in [0.2, 0.25) is 0 Å². The molecule has 1 heterocycles. The number of amides is 2. The molecule has 0 saturated carbocycles. The van der Waals surface area contributed by atoms with E-state index in [0.29, 0.717) is 30.1 Å². The molecule has 24 heavy (non-hydrogen) atoms. The molecule has 0 aromatic heterocycles. The predicted molar refractivity (Wildman–Crippen MR) is 94.9 cm³/mol. The standard InChI is InChI=1S/C17H18N2O4S/c1-4-6-11-7-10(9-13(22-3)14(11)23-5-2)8-12-15(20)18-17(24)19-16(12)21/h4,7-9H,1,5-6H2,2-3H3,(H2,18,19,20,21,24). The number of benzene rings is 1. The van der Waals surface area contributed by atoms with Crippen LogP contribution in [0.5, 0.6) is 11.5 Å². The van der Waals surface area contributed by atoms with Gasteiger partial charge in [0.25, 0.3) is 11.8 Å². The molecule has 0 spiro atoms. The minimum absolute atomic E-state index is 0.00114. The SMILES string of the molecule is C=CCc1cc(C=C2C(=O)NC(=S)NC2=O)cc(OC)c1OCC. The van der Waals surface area contributed by atoms with E-state index in [1.54, 1.807) is 12.1 Å². The van der Waals surface area contributed by atoms with Crippen molar-refractivity contribution in [2.45, 2.75) is 13.3 Å². The Bertz CT molecular complexity index is 718. The Morgan fingerprint density at radius 2 is 1.92 bits per heavy atom. The van der Waals surface area contributed by atoms with Crippen LogP contribution in [0, 0.1) is 0 Å². The Morgan fingerprint density at radius 3 is 2.46 bits per heavy atom. The largest absolute Gasteiger partial charge is 0.493 e. The van der Waals surface area contributed by atoms with E-state index in [9.17, 15) is 9.59 Å². The van der Waals surface area contributed by atoms with Crippen LogP contribution in [-0.4, -0.2) is 30.6 Å². The predicted octanol–water partition coefficient (Wildman–Crippen LogP) is 1.74. The van der Waals surface area contributed by atoms with Gasteiger partial charge in [0.1, 0.15) is 5.57 Å². The molecule has 1 aromatic carbocycles. The Morgan fingerprint density at radius 1 is 1.25 bits per heavy atom. The number of hydrogen-bond donors (Lipinski definition) is 2. The van der Waals surface area contributed by atoms with Gasteiger partial charge in [-0.05, 0) is 49.3 Å². The molecular formula is C17H18N2O4S. The van der Waals surface area contributed by atoms with E-state index in [-0.39, 0.29) is 10.7 Å². The van der Waals surface area contributed by atoms with Crippen molar-refractivity contribution >= 4 is 35.2 Å². The smallest absolute Gasteiger partial charge is 0.263 e. The first-order chi connectivity index (χ1) is 11.5. The van der Waals surface area contributed by atoms with Crippen molar-refractivity contribution in [2.24, 2.45) is 0 Å². The number of ether oxygens (including phenoxy) is 2. The highest BCUT2D eigenvalue weighted by molar-refractivity contribution is 7.80. The topological polar surface area (TPSA) is 76.7 Å². The fourth-order valence-electron chi connectivity index (χ4n) is 2.31. The van der Waals surface area contributed by atoms with E-state index in [2.05, 4.69) is 17.2 Å². The Labute approximate surface area is 145 Å². The first kappa shape index (κ1) is 17.7. The number of carbonyl (C=O) groups excluding carboxylic acids is 2. The molecule has 2 amide bonds. The van der Waals surface area contributed by atoms with Gasteiger partial charge in [0.15, 0.2) is 16.6 Å². The van der Waals surface area contributed by atoms with Gasteiger partial charge in [0, 0.05) is 5.56 Å². The van der Waals surface area contributed by atoms with Gasteiger partial charge in [-0.1, -0.05) is 6.08 Å². The molecule has 6 nitrogen and oxygen atoms in total. The summed E-state index contributed by atoms with van der Waals surface area (Å²) in [6.45, 7) is 6.11. The average Bonchev–Trinajstić information content (AvgIpc) is 2.53.